The van der Waals surface area contributed by atoms with E-state index in [1.165, 1.54) is 49.1 Å². The fraction of sp³-hybridized carbons (Fsp3) is 0.545. The minimum atomic E-state index is -0.327. The van der Waals surface area contributed by atoms with Gasteiger partial charge < -0.3 is 9.88 Å². The largest absolute Gasteiger partial charge is 0.327 e. The van der Waals surface area contributed by atoms with Gasteiger partial charge in [-0.15, -0.1) is 0 Å². The molecular formula is C22H27ClN4. The molecule has 2 aliphatic heterocycles. The van der Waals surface area contributed by atoms with E-state index < -0.39 is 0 Å². The highest BCUT2D eigenvalue weighted by Gasteiger charge is 2.37. The summed E-state index contributed by atoms with van der Waals surface area (Å²) in [7, 11) is 0. The number of halogens is 1. The zero-order valence-electron chi connectivity index (χ0n) is 15.7. The van der Waals surface area contributed by atoms with Crippen LogP contribution in [-0.4, -0.2) is 28.4 Å². The summed E-state index contributed by atoms with van der Waals surface area (Å²) in [5, 5.41) is 3.48. The second-order valence-electron chi connectivity index (χ2n) is 8.11. The highest BCUT2D eigenvalue weighted by Crippen LogP contribution is 2.44. The van der Waals surface area contributed by atoms with E-state index in [2.05, 4.69) is 40.2 Å². The predicted molar refractivity (Wildman–Crippen MR) is 110 cm³/mol. The third-order valence-corrected chi connectivity index (χ3v) is 6.75. The number of nitrogens with one attached hydrogen (secondary N) is 1. The molecule has 0 radical (unpaired) electrons. The average molecular weight is 383 g/mol. The summed E-state index contributed by atoms with van der Waals surface area (Å²) in [6.07, 6.45) is 7.27. The van der Waals surface area contributed by atoms with Gasteiger partial charge in [0.05, 0.1) is 5.69 Å². The number of imidazole rings is 1. The minimum absolute atomic E-state index is 0.327. The fourth-order valence-corrected chi connectivity index (χ4v) is 5.31. The molecule has 5 rings (SSSR count). The van der Waals surface area contributed by atoms with Gasteiger partial charge >= 0.3 is 0 Å². The van der Waals surface area contributed by atoms with Crippen molar-refractivity contribution in [3.05, 3.63) is 41.7 Å². The zero-order valence-corrected chi connectivity index (χ0v) is 16.5. The quantitative estimate of drug-likeness (QED) is 0.603. The molecule has 2 unspecified atom stereocenters. The number of aromatic nitrogens is 2. The maximum atomic E-state index is 6.66. The van der Waals surface area contributed by atoms with Crippen molar-refractivity contribution < 1.29 is 0 Å². The van der Waals surface area contributed by atoms with E-state index in [-0.39, 0.29) is 5.50 Å². The Hall–Kier alpha value is -1.65. The van der Waals surface area contributed by atoms with Crippen molar-refractivity contribution in [2.24, 2.45) is 10.9 Å². The van der Waals surface area contributed by atoms with E-state index in [1.807, 2.05) is 0 Å². The summed E-state index contributed by atoms with van der Waals surface area (Å²) in [4.78, 5) is 9.82. The summed E-state index contributed by atoms with van der Waals surface area (Å²) < 4.78 is 2.49. The van der Waals surface area contributed by atoms with Crippen LogP contribution in [0.4, 0.5) is 0 Å². The van der Waals surface area contributed by atoms with Crippen LogP contribution in [0.1, 0.15) is 61.3 Å². The SMILES string of the molecule is ClC1N=C2CCCC2c2c1nc(-c1ccccc1)n2CCC1CCNCC1. The topological polar surface area (TPSA) is 42.2 Å². The van der Waals surface area contributed by atoms with Gasteiger partial charge in [-0.25, -0.2) is 4.98 Å². The first-order chi connectivity index (χ1) is 13.3. The van der Waals surface area contributed by atoms with Gasteiger partial charge in [-0.2, -0.15) is 0 Å². The van der Waals surface area contributed by atoms with Crippen molar-refractivity contribution in [2.45, 2.75) is 56.5 Å². The van der Waals surface area contributed by atoms with Crippen LogP contribution in [0.3, 0.4) is 0 Å². The lowest BCUT2D eigenvalue weighted by Crippen LogP contribution is -2.28. The molecule has 3 aliphatic rings. The van der Waals surface area contributed by atoms with Crippen LogP contribution in [0.5, 0.6) is 0 Å². The number of alkyl halides is 1. The standard InChI is InChI=1S/C22H27ClN4/c23-21-19-20(17-7-4-8-18(17)25-21)27(14-11-15-9-12-24-13-10-15)22(26-19)16-5-2-1-3-6-16/h1-3,5-6,15,17,21,24H,4,7-14H2. The number of rotatable bonds is 4. The number of piperidine rings is 1. The normalized spacial score (nSPS) is 25.1. The van der Waals surface area contributed by atoms with Crippen molar-refractivity contribution in [1.82, 2.24) is 14.9 Å². The Morgan fingerprint density at radius 2 is 1.93 bits per heavy atom. The molecule has 1 saturated carbocycles. The predicted octanol–water partition coefficient (Wildman–Crippen LogP) is 4.90. The first-order valence-electron chi connectivity index (χ1n) is 10.4. The Morgan fingerprint density at radius 3 is 2.74 bits per heavy atom. The maximum absolute atomic E-state index is 6.66. The highest BCUT2D eigenvalue weighted by atomic mass is 35.5. The fourth-order valence-electron chi connectivity index (χ4n) is 5.03. The van der Waals surface area contributed by atoms with Gasteiger partial charge in [0.1, 0.15) is 11.5 Å². The van der Waals surface area contributed by atoms with Gasteiger partial charge in [-0.1, -0.05) is 41.9 Å². The third-order valence-electron chi connectivity index (χ3n) is 6.45. The third kappa shape index (κ3) is 3.23. The van der Waals surface area contributed by atoms with Crippen molar-refractivity contribution in [2.75, 3.05) is 13.1 Å². The second-order valence-corrected chi connectivity index (χ2v) is 8.52. The number of hydrogen-bond donors (Lipinski definition) is 1. The Kier molecular flexibility index (Phi) is 4.78. The maximum Gasteiger partial charge on any atom is 0.167 e. The van der Waals surface area contributed by atoms with Crippen LogP contribution in [0.15, 0.2) is 35.3 Å². The molecule has 27 heavy (non-hydrogen) atoms. The van der Waals surface area contributed by atoms with E-state index in [1.54, 1.807) is 0 Å². The van der Waals surface area contributed by atoms with Crippen LogP contribution < -0.4 is 5.32 Å². The van der Waals surface area contributed by atoms with Gasteiger partial charge in [0.15, 0.2) is 5.50 Å². The van der Waals surface area contributed by atoms with Crippen LogP contribution in [0.25, 0.3) is 11.4 Å². The van der Waals surface area contributed by atoms with Gasteiger partial charge in [-0.3, -0.25) is 4.99 Å². The molecule has 142 valence electrons. The number of fused-ring (bicyclic) bond motifs is 3. The lowest BCUT2D eigenvalue weighted by atomic mass is 9.93. The molecule has 2 aromatic rings. The molecule has 1 aromatic heterocycles. The summed E-state index contributed by atoms with van der Waals surface area (Å²) in [6, 6.07) is 10.6. The Labute approximate surface area is 166 Å². The van der Waals surface area contributed by atoms with E-state index >= 15 is 0 Å². The molecule has 4 nitrogen and oxygen atoms in total. The summed E-state index contributed by atoms with van der Waals surface area (Å²) in [5.74, 6) is 2.30. The van der Waals surface area contributed by atoms with Crippen LogP contribution in [0.2, 0.25) is 0 Å². The lowest BCUT2D eigenvalue weighted by Gasteiger charge is -2.26. The summed E-state index contributed by atoms with van der Waals surface area (Å²) in [6.45, 7) is 3.34. The molecule has 0 bridgehead atoms. The lowest BCUT2D eigenvalue weighted by molar-refractivity contribution is 0.336. The Morgan fingerprint density at radius 1 is 1.11 bits per heavy atom. The van der Waals surface area contributed by atoms with Crippen LogP contribution in [0, 0.1) is 5.92 Å². The highest BCUT2D eigenvalue weighted by molar-refractivity contribution is 6.22. The van der Waals surface area contributed by atoms with Crippen molar-refractivity contribution in [3.63, 3.8) is 0 Å². The molecule has 1 saturated heterocycles. The first-order valence-corrected chi connectivity index (χ1v) is 10.8. The molecule has 1 aromatic carbocycles. The molecule has 2 fully saturated rings. The van der Waals surface area contributed by atoms with E-state index in [0.717, 1.165) is 43.5 Å². The van der Waals surface area contributed by atoms with Crippen LogP contribution >= 0.6 is 11.6 Å². The smallest absolute Gasteiger partial charge is 0.167 e. The van der Waals surface area contributed by atoms with Crippen molar-refractivity contribution in [1.29, 1.82) is 0 Å². The van der Waals surface area contributed by atoms with Gasteiger partial charge in [0, 0.05) is 23.7 Å². The number of nitrogens with zero attached hydrogens (tertiary/aromatic N) is 3. The first kappa shape index (κ1) is 17.4. The number of aliphatic imine (C=N–C) groups is 1. The van der Waals surface area contributed by atoms with Gasteiger partial charge in [-0.05, 0) is 57.5 Å². The van der Waals surface area contributed by atoms with E-state index in [9.17, 15) is 0 Å². The molecule has 0 spiro atoms. The minimum Gasteiger partial charge on any atom is -0.327 e. The van der Waals surface area contributed by atoms with Crippen molar-refractivity contribution >= 4 is 17.3 Å². The molecular weight excluding hydrogens is 356 g/mol. The Bertz CT molecular complexity index is 835. The molecule has 5 heteroatoms. The molecule has 0 amide bonds. The second kappa shape index (κ2) is 7.40. The number of hydrogen-bond acceptors (Lipinski definition) is 3. The molecule has 1 N–H and O–H groups in total. The Balaban J connectivity index is 1.54. The number of benzene rings is 1. The molecule has 3 heterocycles. The molecule has 1 aliphatic carbocycles. The van der Waals surface area contributed by atoms with Gasteiger partial charge in [0.25, 0.3) is 0 Å². The molecule has 2 atom stereocenters. The average Bonchev–Trinajstić information content (AvgIpc) is 3.32. The van der Waals surface area contributed by atoms with Crippen molar-refractivity contribution in [3.8, 4) is 11.4 Å². The van der Waals surface area contributed by atoms with Crippen LogP contribution in [-0.2, 0) is 6.54 Å². The zero-order chi connectivity index (χ0) is 18.2. The monoisotopic (exact) mass is 382 g/mol. The summed E-state index contributed by atoms with van der Waals surface area (Å²) >= 11 is 6.66. The van der Waals surface area contributed by atoms with E-state index in [4.69, 9.17) is 21.6 Å². The summed E-state index contributed by atoms with van der Waals surface area (Å²) in [5.41, 5.74) is 4.50. The van der Waals surface area contributed by atoms with E-state index in [0.29, 0.717) is 5.92 Å². The van der Waals surface area contributed by atoms with Gasteiger partial charge in [0.2, 0.25) is 0 Å².